The van der Waals surface area contributed by atoms with E-state index in [4.69, 9.17) is 0 Å². The number of hydrogen-bond donors (Lipinski definition) is 0. The summed E-state index contributed by atoms with van der Waals surface area (Å²) in [6.07, 6.45) is 0. The number of rotatable bonds is 1. The first-order chi connectivity index (χ1) is 7.77. The van der Waals surface area contributed by atoms with E-state index in [1.54, 1.807) is 0 Å². The van der Waals surface area contributed by atoms with Crippen LogP contribution in [0, 0.1) is 6.92 Å². The lowest BCUT2D eigenvalue weighted by atomic mass is 10.0. The van der Waals surface area contributed by atoms with Gasteiger partial charge in [-0.05, 0) is 23.6 Å². The van der Waals surface area contributed by atoms with Crippen molar-refractivity contribution in [3.63, 3.8) is 0 Å². The van der Waals surface area contributed by atoms with E-state index in [0.29, 0.717) is 12.6 Å². The third-order valence-electron chi connectivity index (χ3n) is 2.06. The van der Waals surface area contributed by atoms with E-state index in [9.17, 15) is 0 Å². The molecule has 0 aliphatic carbocycles. The minimum atomic E-state index is 0.357. The van der Waals surface area contributed by atoms with Gasteiger partial charge in [0.15, 0.2) is 0 Å². The molecular weight excluding hydrogens is 434 g/mol. The monoisotopic (exact) mass is 445 g/mol. The highest BCUT2D eigenvalue weighted by Crippen LogP contribution is 2.18. The summed E-state index contributed by atoms with van der Waals surface area (Å²) < 4.78 is 0. The summed E-state index contributed by atoms with van der Waals surface area (Å²) >= 11 is 5.18. The SMILES string of the molecule is [CH2]c1ccc(-c2ccccc2)cc1.[I][Mg][I]. The molecule has 2 aromatic carbocycles. The maximum absolute atomic E-state index is 3.86. The van der Waals surface area contributed by atoms with Crippen LogP contribution < -0.4 is 0 Å². The summed E-state index contributed by atoms with van der Waals surface area (Å²) in [5, 5.41) is 0. The van der Waals surface area contributed by atoms with Crippen molar-refractivity contribution in [2.24, 2.45) is 0 Å². The Morgan fingerprint density at radius 1 is 0.750 bits per heavy atom. The molecule has 2 rings (SSSR count). The summed E-state index contributed by atoms with van der Waals surface area (Å²) in [6, 6.07) is 18.6. The highest BCUT2D eigenvalue weighted by Gasteiger charge is 1.93. The Kier molecular flexibility index (Phi) is 8.02. The summed E-state index contributed by atoms with van der Waals surface area (Å²) in [5.74, 6) is 0. The van der Waals surface area contributed by atoms with Crippen LogP contribution >= 0.6 is 37.7 Å². The smallest absolute Gasteiger partial charge is 0.276 e. The Morgan fingerprint density at radius 2 is 1.19 bits per heavy atom. The van der Waals surface area contributed by atoms with Gasteiger partial charge in [-0.25, -0.2) is 0 Å². The van der Waals surface area contributed by atoms with Gasteiger partial charge in [0.2, 0.25) is 0 Å². The molecule has 0 fully saturated rings. The molecule has 0 nitrogen and oxygen atoms in total. The first-order valence-electron chi connectivity index (χ1n) is 4.87. The number of benzene rings is 2. The van der Waals surface area contributed by atoms with Crippen LogP contribution in [0.1, 0.15) is 5.56 Å². The van der Waals surface area contributed by atoms with Gasteiger partial charge < -0.3 is 0 Å². The van der Waals surface area contributed by atoms with Crippen LogP contribution in [0.2, 0.25) is 0 Å². The van der Waals surface area contributed by atoms with Gasteiger partial charge in [-0.3, -0.25) is 37.7 Å². The van der Waals surface area contributed by atoms with Crippen molar-refractivity contribution in [2.75, 3.05) is 0 Å². The van der Waals surface area contributed by atoms with Gasteiger partial charge in [-0.1, -0.05) is 54.6 Å². The van der Waals surface area contributed by atoms with Crippen LogP contribution in [0.4, 0.5) is 0 Å². The molecule has 16 heavy (non-hydrogen) atoms. The van der Waals surface area contributed by atoms with Crippen molar-refractivity contribution in [1.82, 2.24) is 0 Å². The van der Waals surface area contributed by atoms with Crippen molar-refractivity contribution >= 4 is 50.3 Å². The molecule has 0 amide bonds. The van der Waals surface area contributed by atoms with Gasteiger partial charge in [0.05, 0.1) is 0 Å². The molecule has 79 valence electrons. The summed E-state index contributed by atoms with van der Waals surface area (Å²) in [5.41, 5.74) is 3.55. The van der Waals surface area contributed by atoms with E-state index in [1.165, 1.54) is 11.1 Å². The van der Waals surface area contributed by atoms with Crippen LogP contribution in [0.5, 0.6) is 0 Å². The minimum Gasteiger partial charge on any atom is -0.276 e. The van der Waals surface area contributed by atoms with Crippen molar-refractivity contribution in [3.05, 3.63) is 67.1 Å². The van der Waals surface area contributed by atoms with Crippen LogP contribution in [-0.2, 0) is 0 Å². The highest BCUT2D eigenvalue weighted by atomic mass is 127. The average molecular weight is 445 g/mol. The fourth-order valence-corrected chi connectivity index (χ4v) is 1.33. The summed E-state index contributed by atoms with van der Waals surface area (Å²) in [7, 11) is 0. The molecule has 0 aliphatic heterocycles. The summed E-state index contributed by atoms with van der Waals surface area (Å²) in [6.45, 7) is 3.86. The van der Waals surface area contributed by atoms with E-state index in [1.807, 2.05) is 30.3 Å². The maximum Gasteiger partial charge on any atom is 0.552 e. The van der Waals surface area contributed by atoms with Gasteiger partial charge in [-0.2, -0.15) is 0 Å². The van der Waals surface area contributed by atoms with E-state index < -0.39 is 0 Å². The van der Waals surface area contributed by atoms with Crippen LogP contribution in [0.25, 0.3) is 11.1 Å². The third kappa shape index (κ3) is 5.33. The normalized spacial score (nSPS) is 8.69. The molecule has 2 aromatic rings. The first kappa shape index (κ1) is 14.7. The van der Waals surface area contributed by atoms with Gasteiger partial charge in [0.25, 0.3) is 0 Å². The molecule has 0 saturated carbocycles. The molecule has 1 radical (unpaired) electrons. The zero-order valence-electron chi connectivity index (χ0n) is 8.87. The molecule has 0 N–H and O–H groups in total. The minimum absolute atomic E-state index is 0.357. The lowest BCUT2D eigenvalue weighted by Gasteiger charge is -2.00. The Balaban J connectivity index is 0.000000386. The third-order valence-corrected chi connectivity index (χ3v) is 2.06. The van der Waals surface area contributed by atoms with E-state index in [2.05, 4.69) is 68.9 Å². The number of halogens is 2. The van der Waals surface area contributed by atoms with Gasteiger partial charge >= 0.3 is 12.6 Å². The number of hydrogen-bond acceptors (Lipinski definition) is 0. The predicted octanol–water partition coefficient (Wildman–Crippen LogP) is 4.93. The Labute approximate surface area is 127 Å². The summed E-state index contributed by atoms with van der Waals surface area (Å²) in [4.78, 5) is 0. The lowest BCUT2D eigenvalue weighted by Crippen LogP contribution is -1.76. The van der Waals surface area contributed by atoms with Crippen molar-refractivity contribution in [2.45, 2.75) is 0 Å². The molecule has 0 unspecified atom stereocenters. The van der Waals surface area contributed by atoms with Crippen molar-refractivity contribution in [3.8, 4) is 11.1 Å². The highest BCUT2D eigenvalue weighted by molar-refractivity contribution is 14.3. The molecule has 0 spiro atoms. The molecule has 0 aliphatic rings. The second-order valence-electron chi connectivity index (χ2n) is 3.16. The van der Waals surface area contributed by atoms with Crippen LogP contribution in [0.3, 0.4) is 0 Å². The van der Waals surface area contributed by atoms with Gasteiger partial charge in [0, 0.05) is 0 Å². The predicted molar refractivity (Wildman–Crippen MR) is 90.1 cm³/mol. The molecular formula is C13H11I2Mg. The molecule has 0 bridgehead atoms. The first-order valence-corrected chi connectivity index (χ1v) is 15.1. The van der Waals surface area contributed by atoms with Crippen LogP contribution in [-0.4, -0.2) is 12.6 Å². The zero-order valence-corrected chi connectivity index (χ0v) is 14.6. The fraction of sp³-hybridized carbons (Fsp3) is 0. The second kappa shape index (κ2) is 8.71. The van der Waals surface area contributed by atoms with Crippen molar-refractivity contribution < 1.29 is 0 Å². The fourth-order valence-electron chi connectivity index (χ4n) is 1.33. The second-order valence-corrected chi connectivity index (χ2v) is 16.7. The molecule has 0 aromatic heterocycles. The standard InChI is InChI=1S/C13H11.2HI.Mg/c1-11-7-9-13(10-8-11)12-5-3-2-4-6-12;;;/h2-10H,1H2;2*1H;/q;;;+2/p-2. The topological polar surface area (TPSA) is 0 Å². The van der Waals surface area contributed by atoms with E-state index in [-0.39, 0.29) is 0 Å². The van der Waals surface area contributed by atoms with E-state index in [0.717, 1.165) is 5.56 Å². The van der Waals surface area contributed by atoms with Gasteiger partial charge in [-0.15, -0.1) is 0 Å². The van der Waals surface area contributed by atoms with E-state index >= 15 is 0 Å². The largest absolute Gasteiger partial charge is 0.552 e. The Bertz CT molecular complexity index is 398. The lowest BCUT2D eigenvalue weighted by molar-refractivity contribution is 1.58. The molecule has 3 heteroatoms. The quantitative estimate of drug-likeness (QED) is 0.432. The van der Waals surface area contributed by atoms with Crippen LogP contribution in [0.15, 0.2) is 54.6 Å². The Morgan fingerprint density at radius 3 is 1.69 bits per heavy atom. The maximum atomic E-state index is 3.86. The van der Waals surface area contributed by atoms with Crippen molar-refractivity contribution in [1.29, 1.82) is 0 Å². The molecule has 0 atom stereocenters. The molecule has 0 heterocycles. The zero-order chi connectivity index (χ0) is 11.8. The van der Waals surface area contributed by atoms with Gasteiger partial charge in [0.1, 0.15) is 0 Å². The Hall–Kier alpha value is 0.666. The average Bonchev–Trinajstić information content (AvgIpc) is 2.32. The molecule has 0 saturated heterocycles.